The third-order valence-corrected chi connectivity index (χ3v) is 4.18. The van der Waals surface area contributed by atoms with Gasteiger partial charge >= 0.3 is 0 Å². The fourth-order valence-electron chi connectivity index (χ4n) is 2.18. The number of thioether (sulfide) groups is 1. The van der Waals surface area contributed by atoms with Crippen molar-refractivity contribution in [3.05, 3.63) is 0 Å². The average molecular weight is 276 g/mol. The first kappa shape index (κ1) is 14.1. The van der Waals surface area contributed by atoms with E-state index in [4.69, 9.17) is 4.74 Å². The topological polar surface area (TPSA) is 94.3 Å². The standard InChI is InChI=1S/C11H20N2O4S/c1-4-12-10-13-5-6(14)7(15)8(11(2,3)16)17-9(5)18-10/h5-9,14-16H,4H2,1-3H3,(H,12,13)/t5-,6-,7?,8?,9-/m1/s1. The zero-order valence-corrected chi connectivity index (χ0v) is 11.5. The van der Waals surface area contributed by atoms with Gasteiger partial charge in [0.15, 0.2) is 5.17 Å². The highest BCUT2D eigenvalue weighted by molar-refractivity contribution is 8.14. The highest BCUT2D eigenvalue weighted by Gasteiger charge is 2.52. The van der Waals surface area contributed by atoms with Crippen LogP contribution in [0, 0.1) is 0 Å². The van der Waals surface area contributed by atoms with Crippen molar-refractivity contribution in [1.29, 1.82) is 0 Å². The third kappa shape index (κ3) is 2.50. The van der Waals surface area contributed by atoms with Gasteiger partial charge in [-0.15, -0.1) is 0 Å². The summed E-state index contributed by atoms with van der Waals surface area (Å²) in [6.07, 6.45) is -2.99. The number of aliphatic imine (C=N–C) groups is 1. The molecule has 0 amide bonds. The van der Waals surface area contributed by atoms with Crippen molar-refractivity contribution in [2.75, 3.05) is 6.54 Å². The molecule has 0 bridgehead atoms. The highest BCUT2D eigenvalue weighted by atomic mass is 32.2. The number of hydrogen-bond acceptors (Lipinski definition) is 7. The monoisotopic (exact) mass is 276 g/mol. The van der Waals surface area contributed by atoms with E-state index < -0.39 is 30.0 Å². The molecule has 2 aliphatic rings. The first-order valence-corrected chi connectivity index (χ1v) is 6.95. The van der Waals surface area contributed by atoms with Crippen LogP contribution in [0.5, 0.6) is 0 Å². The summed E-state index contributed by atoms with van der Waals surface area (Å²) in [6, 6.07) is -0.488. The van der Waals surface area contributed by atoms with Gasteiger partial charge in [0.05, 0.1) is 5.60 Å². The molecule has 0 aromatic heterocycles. The van der Waals surface area contributed by atoms with E-state index in [-0.39, 0.29) is 5.44 Å². The molecule has 7 heteroatoms. The lowest BCUT2D eigenvalue weighted by Gasteiger charge is -2.43. The largest absolute Gasteiger partial charge is 0.388 e. The van der Waals surface area contributed by atoms with Crippen LogP contribution in [0.4, 0.5) is 0 Å². The Morgan fingerprint density at radius 3 is 2.61 bits per heavy atom. The zero-order valence-electron chi connectivity index (χ0n) is 10.7. The van der Waals surface area contributed by atoms with Gasteiger partial charge in [0.2, 0.25) is 0 Å². The summed E-state index contributed by atoms with van der Waals surface area (Å²) < 4.78 is 5.68. The van der Waals surface area contributed by atoms with Gasteiger partial charge in [-0.3, -0.25) is 4.99 Å². The molecule has 18 heavy (non-hydrogen) atoms. The Labute approximate surface area is 110 Å². The predicted octanol–water partition coefficient (Wildman–Crippen LogP) is -0.715. The summed E-state index contributed by atoms with van der Waals surface area (Å²) in [5.74, 6) is 0. The molecule has 0 saturated carbocycles. The van der Waals surface area contributed by atoms with E-state index in [1.54, 1.807) is 13.8 Å². The lowest BCUT2D eigenvalue weighted by Crippen LogP contribution is -2.61. The third-order valence-electron chi connectivity index (χ3n) is 3.09. The Balaban J connectivity index is 2.14. The van der Waals surface area contributed by atoms with Crippen molar-refractivity contribution in [1.82, 2.24) is 5.32 Å². The molecule has 5 atom stereocenters. The fraction of sp³-hybridized carbons (Fsp3) is 0.909. The SMILES string of the molecule is CCNC1=N[C@H]2[C@H](OC(C(C)(C)O)C(O)[C@@H]2O)S1. The molecule has 2 rings (SSSR count). The Morgan fingerprint density at radius 2 is 2.06 bits per heavy atom. The first-order valence-electron chi connectivity index (χ1n) is 6.07. The molecule has 0 aromatic rings. The molecule has 6 nitrogen and oxygen atoms in total. The van der Waals surface area contributed by atoms with Crippen LogP contribution in [-0.4, -0.2) is 62.4 Å². The number of rotatable bonds is 2. The van der Waals surface area contributed by atoms with Gasteiger partial charge in [-0.2, -0.15) is 0 Å². The van der Waals surface area contributed by atoms with Crippen LogP contribution in [0.3, 0.4) is 0 Å². The normalized spacial score (nSPS) is 40.3. The fourth-order valence-corrected chi connectivity index (χ4v) is 3.35. The maximum Gasteiger partial charge on any atom is 0.159 e. The van der Waals surface area contributed by atoms with Crippen LogP contribution in [0.2, 0.25) is 0 Å². The van der Waals surface area contributed by atoms with Crippen LogP contribution in [0.1, 0.15) is 20.8 Å². The van der Waals surface area contributed by atoms with Crippen molar-refractivity contribution in [2.24, 2.45) is 4.99 Å². The summed E-state index contributed by atoms with van der Waals surface area (Å²) in [5, 5.41) is 33.8. The molecule has 0 aliphatic carbocycles. The van der Waals surface area contributed by atoms with Crippen LogP contribution < -0.4 is 5.32 Å². The van der Waals surface area contributed by atoms with Gasteiger partial charge in [0.1, 0.15) is 29.8 Å². The van der Waals surface area contributed by atoms with Gasteiger partial charge in [-0.05, 0) is 20.8 Å². The van der Waals surface area contributed by atoms with E-state index in [9.17, 15) is 15.3 Å². The molecule has 104 valence electrons. The van der Waals surface area contributed by atoms with Crippen molar-refractivity contribution < 1.29 is 20.1 Å². The quantitative estimate of drug-likeness (QED) is 0.532. The van der Waals surface area contributed by atoms with Gasteiger partial charge in [-0.25, -0.2) is 0 Å². The minimum atomic E-state index is -1.22. The van der Waals surface area contributed by atoms with Crippen molar-refractivity contribution >= 4 is 16.9 Å². The molecule has 0 spiro atoms. The summed E-state index contributed by atoms with van der Waals surface area (Å²) in [7, 11) is 0. The van der Waals surface area contributed by atoms with Crippen LogP contribution in [0.15, 0.2) is 4.99 Å². The molecule has 2 unspecified atom stereocenters. The summed E-state index contributed by atoms with van der Waals surface area (Å²) in [6.45, 7) is 5.80. The maximum absolute atomic E-state index is 10.1. The summed E-state index contributed by atoms with van der Waals surface area (Å²) in [4.78, 5) is 4.30. The smallest absolute Gasteiger partial charge is 0.159 e. The van der Waals surface area contributed by atoms with Gasteiger partial charge in [-0.1, -0.05) is 11.8 Å². The van der Waals surface area contributed by atoms with E-state index in [2.05, 4.69) is 10.3 Å². The number of nitrogens with one attached hydrogen (secondary N) is 1. The number of amidine groups is 1. The molecule has 1 fully saturated rings. The Bertz CT molecular complexity index is 344. The van der Waals surface area contributed by atoms with Crippen LogP contribution >= 0.6 is 11.8 Å². The number of ether oxygens (including phenoxy) is 1. The van der Waals surface area contributed by atoms with E-state index in [1.165, 1.54) is 11.8 Å². The minimum absolute atomic E-state index is 0.367. The minimum Gasteiger partial charge on any atom is -0.388 e. The van der Waals surface area contributed by atoms with Crippen molar-refractivity contribution in [3.63, 3.8) is 0 Å². The Morgan fingerprint density at radius 1 is 1.39 bits per heavy atom. The molecular formula is C11H20N2O4S. The molecule has 4 N–H and O–H groups in total. The molecule has 0 radical (unpaired) electrons. The lowest BCUT2D eigenvalue weighted by molar-refractivity contribution is -0.208. The van der Waals surface area contributed by atoms with Crippen molar-refractivity contribution in [2.45, 2.75) is 56.2 Å². The van der Waals surface area contributed by atoms with E-state index in [1.807, 2.05) is 6.92 Å². The van der Waals surface area contributed by atoms with Gasteiger partial charge < -0.3 is 25.4 Å². The number of aliphatic hydroxyl groups is 3. The first-order chi connectivity index (χ1) is 8.34. The molecule has 0 aromatic carbocycles. The average Bonchev–Trinajstić information content (AvgIpc) is 2.65. The second-order valence-corrected chi connectivity index (χ2v) is 6.22. The molecule has 2 aliphatic heterocycles. The summed E-state index contributed by atoms with van der Waals surface area (Å²) in [5.41, 5.74) is -1.58. The molecule has 1 saturated heterocycles. The second kappa shape index (κ2) is 4.97. The lowest BCUT2D eigenvalue weighted by atomic mass is 9.89. The number of fused-ring (bicyclic) bond motifs is 1. The van der Waals surface area contributed by atoms with E-state index in [0.29, 0.717) is 5.17 Å². The second-order valence-electron chi connectivity index (χ2n) is 5.13. The zero-order chi connectivity index (χ0) is 13.5. The number of aliphatic hydroxyl groups excluding tert-OH is 2. The predicted molar refractivity (Wildman–Crippen MR) is 69.5 cm³/mol. The Hall–Kier alpha value is -0.340. The molecule has 2 heterocycles. The van der Waals surface area contributed by atoms with Crippen molar-refractivity contribution in [3.8, 4) is 0 Å². The van der Waals surface area contributed by atoms with Gasteiger partial charge in [0, 0.05) is 6.54 Å². The van der Waals surface area contributed by atoms with E-state index in [0.717, 1.165) is 6.54 Å². The Kier molecular flexibility index (Phi) is 3.89. The van der Waals surface area contributed by atoms with Crippen LogP contribution in [0.25, 0.3) is 0 Å². The summed E-state index contributed by atoms with van der Waals surface area (Å²) >= 11 is 1.38. The van der Waals surface area contributed by atoms with E-state index >= 15 is 0 Å². The van der Waals surface area contributed by atoms with Gasteiger partial charge in [0.25, 0.3) is 0 Å². The number of hydrogen-bond donors (Lipinski definition) is 4. The van der Waals surface area contributed by atoms with Crippen LogP contribution in [-0.2, 0) is 4.74 Å². The maximum atomic E-state index is 10.1. The highest BCUT2D eigenvalue weighted by Crippen LogP contribution is 2.38. The number of nitrogens with zero attached hydrogens (tertiary/aromatic N) is 1. The molecular weight excluding hydrogens is 256 g/mol.